The summed E-state index contributed by atoms with van der Waals surface area (Å²) < 4.78 is 5.29. The van der Waals surface area contributed by atoms with Crippen LogP contribution in [0.15, 0.2) is 30.3 Å². The van der Waals surface area contributed by atoms with E-state index in [0.717, 1.165) is 5.56 Å². The van der Waals surface area contributed by atoms with Crippen molar-refractivity contribution in [3.8, 4) is 0 Å². The van der Waals surface area contributed by atoms with Crippen molar-refractivity contribution >= 4 is 18.4 Å². The molecule has 16 heavy (non-hydrogen) atoms. The summed E-state index contributed by atoms with van der Waals surface area (Å²) in [5, 5.41) is 3.09. The molecule has 0 aliphatic heterocycles. The summed E-state index contributed by atoms with van der Waals surface area (Å²) in [5.41, 5.74) is 1.01. The molecule has 1 N–H and O–H groups in total. The third-order valence-electron chi connectivity index (χ3n) is 2.33. The van der Waals surface area contributed by atoms with Gasteiger partial charge >= 0.3 is 5.97 Å². The van der Waals surface area contributed by atoms with Crippen LogP contribution < -0.4 is 5.32 Å². The molecule has 3 nitrogen and oxygen atoms in total. The van der Waals surface area contributed by atoms with Crippen molar-refractivity contribution in [3.05, 3.63) is 35.9 Å². The zero-order valence-corrected chi connectivity index (χ0v) is 10.6. The first-order valence-electron chi connectivity index (χ1n) is 5.04. The van der Waals surface area contributed by atoms with Gasteiger partial charge in [0.1, 0.15) is 6.10 Å². The van der Waals surface area contributed by atoms with Gasteiger partial charge in [0.05, 0.1) is 0 Å². The second-order valence-electron chi connectivity index (χ2n) is 3.52. The molecule has 0 aliphatic carbocycles. The summed E-state index contributed by atoms with van der Waals surface area (Å²) in [4.78, 5) is 11.0. The summed E-state index contributed by atoms with van der Waals surface area (Å²) >= 11 is 0. The molecule has 0 fully saturated rings. The molecule has 0 radical (unpaired) electrons. The molecule has 0 heterocycles. The highest BCUT2D eigenvalue weighted by molar-refractivity contribution is 5.85. The van der Waals surface area contributed by atoms with Crippen LogP contribution in [0.2, 0.25) is 0 Å². The van der Waals surface area contributed by atoms with Crippen LogP contribution in [0, 0.1) is 0 Å². The van der Waals surface area contributed by atoms with Crippen LogP contribution in [-0.4, -0.2) is 19.1 Å². The lowest BCUT2D eigenvalue weighted by Gasteiger charge is -2.23. The summed E-state index contributed by atoms with van der Waals surface area (Å²) in [6.45, 7) is 3.42. The predicted molar refractivity (Wildman–Crippen MR) is 66.7 cm³/mol. The lowest BCUT2D eigenvalue weighted by atomic mass is 10.0. The Morgan fingerprint density at radius 2 is 1.88 bits per heavy atom. The molecule has 0 saturated heterocycles. The topological polar surface area (TPSA) is 38.3 Å². The van der Waals surface area contributed by atoms with Gasteiger partial charge in [0.2, 0.25) is 0 Å². The predicted octanol–water partition coefficient (Wildman–Crippen LogP) is 2.32. The van der Waals surface area contributed by atoms with Crippen molar-refractivity contribution < 1.29 is 9.53 Å². The Morgan fingerprint density at radius 1 is 1.31 bits per heavy atom. The van der Waals surface area contributed by atoms with Crippen molar-refractivity contribution in [2.45, 2.75) is 26.0 Å². The smallest absolute Gasteiger partial charge is 0.303 e. The average molecular weight is 244 g/mol. The van der Waals surface area contributed by atoms with E-state index in [1.165, 1.54) is 6.92 Å². The molecule has 0 amide bonds. The highest BCUT2D eigenvalue weighted by Gasteiger charge is 2.20. The van der Waals surface area contributed by atoms with Gasteiger partial charge in [-0.2, -0.15) is 0 Å². The van der Waals surface area contributed by atoms with Crippen LogP contribution in [0.3, 0.4) is 0 Å². The largest absolute Gasteiger partial charge is 0.456 e. The van der Waals surface area contributed by atoms with E-state index in [1.807, 2.05) is 44.3 Å². The Kier molecular flexibility index (Phi) is 6.77. The first-order chi connectivity index (χ1) is 7.15. The molecule has 0 aromatic heterocycles. The fourth-order valence-corrected chi connectivity index (χ4v) is 1.43. The minimum Gasteiger partial charge on any atom is -0.456 e. The van der Waals surface area contributed by atoms with E-state index in [0.29, 0.717) is 0 Å². The summed E-state index contributed by atoms with van der Waals surface area (Å²) in [6.07, 6.45) is -0.228. The third-order valence-corrected chi connectivity index (χ3v) is 2.33. The zero-order valence-electron chi connectivity index (χ0n) is 9.77. The molecule has 90 valence electrons. The van der Waals surface area contributed by atoms with E-state index >= 15 is 0 Å². The van der Waals surface area contributed by atoms with Gasteiger partial charge in [0.25, 0.3) is 0 Å². The maximum Gasteiger partial charge on any atom is 0.303 e. The Balaban J connectivity index is 0.00000225. The van der Waals surface area contributed by atoms with Gasteiger partial charge in [-0.25, -0.2) is 0 Å². The highest BCUT2D eigenvalue weighted by Crippen LogP contribution is 2.20. The van der Waals surface area contributed by atoms with Crippen molar-refractivity contribution in [1.82, 2.24) is 5.32 Å². The number of nitrogens with one attached hydrogen (secondary N) is 1. The molecule has 0 spiro atoms. The van der Waals surface area contributed by atoms with Crippen molar-refractivity contribution in [1.29, 1.82) is 0 Å². The summed E-state index contributed by atoms with van der Waals surface area (Å²) in [6, 6.07) is 9.83. The van der Waals surface area contributed by atoms with E-state index in [9.17, 15) is 4.79 Å². The quantitative estimate of drug-likeness (QED) is 0.825. The molecule has 0 bridgehead atoms. The molecule has 0 unspecified atom stereocenters. The van der Waals surface area contributed by atoms with Crippen LogP contribution >= 0.6 is 12.4 Å². The summed E-state index contributed by atoms with van der Waals surface area (Å²) in [5.74, 6) is -0.258. The van der Waals surface area contributed by atoms with Gasteiger partial charge < -0.3 is 10.1 Å². The number of halogens is 1. The SMILES string of the molecule is CN[C@@H](C)[C@H](OC(C)=O)c1ccccc1.Cl. The van der Waals surface area contributed by atoms with Gasteiger partial charge in [-0.05, 0) is 19.5 Å². The van der Waals surface area contributed by atoms with Crippen LogP contribution in [0.5, 0.6) is 0 Å². The first-order valence-corrected chi connectivity index (χ1v) is 5.04. The number of rotatable bonds is 4. The van der Waals surface area contributed by atoms with E-state index in [1.54, 1.807) is 0 Å². The standard InChI is InChI=1S/C12H17NO2.ClH/c1-9(13-3)12(15-10(2)14)11-7-5-4-6-8-11;/h4-9,12-13H,1-3H3;1H/t9-,12-;/m0./s1. The Labute approximate surface area is 103 Å². The molecule has 0 saturated carbocycles. The monoisotopic (exact) mass is 243 g/mol. The van der Waals surface area contributed by atoms with E-state index in [4.69, 9.17) is 4.74 Å². The van der Waals surface area contributed by atoms with Crippen LogP contribution in [0.4, 0.5) is 0 Å². The van der Waals surface area contributed by atoms with Crippen LogP contribution in [0.1, 0.15) is 25.5 Å². The third kappa shape index (κ3) is 4.21. The molecule has 1 aromatic carbocycles. The van der Waals surface area contributed by atoms with Crippen molar-refractivity contribution in [3.63, 3.8) is 0 Å². The second kappa shape index (κ2) is 7.25. The van der Waals surface area contributed by atoms with Crippen LogP contribution in [0.25, 0.3) is 0 Å². The number of likely N-dealkylation sites (N-methyl/N-ethyl adjacent to an activating group) is 1. The lowest BCUT2D eigenvalue weighted by Crippen LogP contribution is -2.31. The van der Waals surface area contributed by atoms with Crippen molar-refractivity contribution in [2.75, 3.05) is 7.05 Å². The molecule has 0 aliphatic rings. The van der Waals surface area contributed by atoms with E-state index in [2.05, 4.69) is 5.32 Å². The summed E-state index contributed by atoms with van der Waals surface area (Å²) in [7, 11) is 1.85. The molecule has 4 heteroatoms. The minimum atomic E-state index is -0.258. The normalized spacial score (nSPS) is 13.4. The maximum atomic E-state index is 11.0. The number of carbonyl (C=O) groups excluding carboxylic acids is 1. The molecular weight excluding hydrogens is 226 g/mol. The number of ether oxygens (including phenoxy) is 1. The van der Waals surface area contributed by atoms with E-state index < -0.39 is 0 Å². The van der Waals surface area contributed by atoms with Gasteiger partial charge in [-0.15, -0.1) is 12.4 Å². The Hall–Kier alpha value is -1.06. The fraction of sp³-hybridized carbons (Fsp3) is 0.417. The number of carbonyl (C=O) groups is 1. The van der Waals surface area contributed by atoms with E-state index in [-0.39, 0.29) is 30.5 Å². The maximum absolute atomic E-state index is 11.0. The first kappa shape index (κ1) is 14.9. The minimum absolute atomic E-state index is 0. The van der Waals surface area contributed by atoms with Gasteiger partial charge in [0, 0.05) is 13.0 Å². The number of benzene rings is 1. The molecule has 1 aromatic rings. The fourth-order valence-electron chi connectivity index (χ4n) is 1.43. The second-order valence-corrected chi connectivity index (χ2v) is 3.52. The molecule has 2 atom stereocenters. The van der Waals surface area contributed by atoms with Crippen molar-refractivity contribution in [2.24, 2.45) is 0 Å². The Bertz CT molecular complexity index is 316. The number of hydrogen-bond donors (Lipinski definition) is 1. The molecule has 1 rings (SSSR count). The van der Waals surface area contributed by atoms with Gasteiger partial charge in [0.15, 0.2) is 0 Å². The zero-order chi connectivity index (χ0) is 11.3. The van der Waals surface area contributed by atoms with Gasteiger partial charge in [-0.1, -0.05) is 30.3 Å². The number of hydrogen-bond acceptors (Lipinski definition) is 3. The highest BCUT2D eigenvalue weighted by atomic mass is 35.5. The number of esters is 1. The van der Waals surface area contributed by atoms with Gasteiger partial charge in [-0.3, -0.25) is 4.79 Å². The Morgan fingerprint density at radius 3 is 2.31 bits per heavy atom. The lowest BCUT2D eigenvalue weighted by molar-refractivity contribution is -0.148. The molecular formula is C12H18ClNO2. The average Bonchev–Trinajstić information content (AvgIpc) is 2.26. The van der Waals surface area contributed by atoms with Crippen LogP contribution in [-0.2, 0) is 9.53 Å².